The largest absolute Gasteiger partial charge is 0.491 e. The van der Waals surface area contributed by atoms with Gasteiger partial charge in [-0.1, -0.05) is 12.1 Å². The van der Waals surface area contributed by atoms with Gasteiger partial charge in [0.2, 0.25) is 11.9 Å². The fourth-order valence-electron chi connectivity index (χ4n) is 4.18. The van der Waals surface area contributed by atoms with Gasteiger partial charge in [0.1, 0.15) is 12.3 Å². The summed E-state index contributed by atoms with van der Waals surface area (Å²) in [7, 11) is 3.88. The van der Waals surface area contributed by atoms with Crippen molar-refractivity contribution in [3.05, 3.63) is 54.6 Å². The third kappa shape index (κ3) is 5.50. The molecule has 1 aromatic carbocycles. The van der Waals surface area contributed by atoms with Crippen molar-refractivity contribution in [3.63, 3.8) is 0 Å². The lowest BCUT2D eigenvalue weighted by Crippen LogP contribution is -2.41. The molecular formula is C25H32N6O2. The Morgan fingerprint density at radius 3 is 2.70 bits per heavy atom. The topological polar surface area (TPSA) is 76.4 Å². The van der Waals surface area contributed by atoms with Crippen LogP contribution in [0.5, 0.6) is 5.75 Å². The van der Waals surface area contributed by atoms with Crippen LogP contribution in [0.25, 0.3) is 11.1 Å². The molecule has 2 aromatic heterocycles. The van der Waals surface area contributed by atoms with E-state index in [1.54, 1.807) is 10.9 Å². The summed E-state index contributed by atoms with van der Waals surface area (Å²) in [6.07, 6.45) is 7.47. The highest BCUT2D eigenvalue weighted by Crippen LogP contribution is 2.34. The molecule has 0 bridgehead atoms. The van der Waals surface area contributed by atoms with Crippen molar-refractivity contribution in [1.29, 1.82) is 0 Å². The zero-order chi connectivity index (χ0) is 23.4. The van der Waals surface area contributed by atoms with Crippen molar-refractivity contribution in [2.24, 2.45) is 0 Å². The highest BCUT2D eigenvalue weighted by atomic mass is 16.5. The smallest absolute Gasteiger partial charge is 0.244 e. The van der Waals surface area contributed by atoms with Crippen LogP contribution in [-0.4, -0.2) is 63.8 Å². The van der Waals surface area contributed by atoms with Gasteiger partial charge in [-0.2, -0.15) is 5.10 Å². The van der Waals surface area contributed by atoms with Crippen LogP contribution in [0, 0.1) is 0 Å². The van der Waals surface area contributed by atoms with Crippen molar-refractivity contribution in [3.8, 4) is 16.9 Å². The summed E-state index contributed by atoms with van der Waals surface area (Å²) in [6, 6.07) is 9.91. The maximum absolute atomic E-state index is 12.9. The first-order valence-electron chi connectivity index (χ1n) is 11.5. The van der Waals surface area contributed by atoms with Gasteiger partial charge in [-0.15, -0.1) is 0 Å². The molecule has 1 aliphatic heterocycles. The fraction of sp³-hybridized carbons (Fsp3) is 0.440. The predicted octanol–water partition coefficient (Wildman–Crippen LogP) is 3.60. The van der Waals surface area contributed by atoms with Crippen molar-refractivity contribution in [2.45, 2.75) is 45.3 Å². The van der Waals surface area contributed by atoms with Crippen molar-refractivity contribution < 1.29 is 9.53 Å². The minimum Gasteiger partial charge on any atom is -0.491 e. The molecule has 1 atom stereocenters. The lowest BCUT2D eigenvalue weighted by Gasteiger charge is -2.33. The molecule has 0 unspecified atom stereocenters. The predicted molar refractivity (Wildman–Crippen MR) is 128 cm³/mol. The van der Waals surface area contributed by atoms with Gasteiger partial charge in [-0.25, -0.2) is 9.97 Å². The molecule has 3 aromatic rings. The molecule has 33 heavy (non-hydrogen) atoms. The molecule has 3 heterocycles. The minimum absolute atomic E-state index is 0.0852. The Morgan fingerprint density at radius 2 is 2.03 bits per heavy atom. The number of hydrogen-bond acceptors (Lipinski definition) is 6. The number of hydrogen-bond donors (Lipinski definition) is 0. The number of carbonyl (C=O) groups is 1. The quantitative estimate of drug-likeness (QED) is 0.550. The molecule has 1 fully saturated rings. The Bertz CT molecular complexity index is 1060. The molecular weight excluding hydrogens is 416 g/mol. The molecule has 1 amide bonds. The van der Waals surface area contributed by atoms with Gasteiger partial charge in [0.25, 0.3) is 0 Å². The van der Waals surface area contributed by atoms with E-state index >= 15 is 0 Å². The number of amides is 1. The normalized spacial score (nSPS) is 16.2. The number of ether oxygens (including phenoxy) is 1. The third-order valence-electron chi connectivity index (χ3n) is 5.76. The fourth-order valence-corrected chi connectivity index (χ4v) is 4.18. The minimum atomic E-state index is 0.0852. The monoisotopic (exact) mass is 448 g/mol. The van der Waals surface area contributed by atoms with Crippen molar-refractivity contribution >= 4 is 11.9 Å². The molecule has 1 saturated heterocycles. The number of likely N-dealkylation sites (tertiary alicyclic amines) is 1. The summed E-state index contributed by atoms with van der Waals surface area (Å²) in [5.74, 6) is 1.74. The van der Waals surface area contributed by atoms with Crippen LogP contribution in [-0.2, 0) is 11.3 Å². The SMILES string of the molecule is CC(C)Oc1ccc(-c2cnc(N(C)C)nc2[C@H]2CCCN(C(=O)Cn3cccn3)C2)cc1. The highest BCUT2D eigenvalue weighted by molar-refractivity contribution is 5.76. The molecule has 0 N–H and O–H groups in total. The van der Waals surface area contributed by atoms with E-state index in [0.29, 0.717) is 12.5 Å². The molecule has 8 heteroatoms. The number of piperidine rings is 1. The average Bonchev–Trinajstić information content (AvgIpc) is 3.32. The van der Waals surface area contributed by atoms with Crippen LogP contribution in [0.15, 0.2) is 48.9 Å². The zero-order valence-corrected chi connectivity index (χ0v) is 19.8. The Labute approximate surface area is 195 Å². The summed E-state index contributed by atoms with van der Waals surface area (Å²) < 4.78 is 7.47. The number of carbonyl (C=O) groups excluding carboxylic acids is 1. The molecule has 1 aliphatic rings. The lowest BCUT2D eigenvalue weighted by atomic mass is 9.90. The molecule has 0 spiro atoms. The summed E-state index contributed by atoms with van der Waals surface area (Å²) in [6.45, 7) is 5.70. The van der Waals surface area contributed by atoms with Crippen LogP contribution in [0.3, 0.4) is 0 Å². The van der Waals surface area contributed by atoms with Crippen LogP contribution in [0.1, 0.15) is 38.3 Å². The summed E-state index contributed by atoms with van der Waals surface area (Å²) in [4.78, 5) is 26.3. The first kappa shape index (κ1) is 22.8. The van der Waals surface area contributed by atoms with Gasteiger partial charge < -0.3 is 14.5 Å². The summed E-state index contributed by atoms with van der Waals surface area (Å²) in [5.41, 5.74) is 3.04. The first-order chi connectivity index (χ1) is 15.9. The van der Waals surface area contributed by atoms with Crippen LogP contribution < -0.4 is 9.64 Å². The van der Waals surface area contributed by atoms with Crippen molar-refractivity contribution in [2.75, 3.05) is 32.1 Å². The second-order valence-electron chi connectivity index (χ2n) is 8.94. The zero-order valence-electron chi connectivity index (χ0n) is 19.8. The second kappa shape index (κ2) is 10.0. The van der Waals surface area contributed by atoms with Crippen LogP contribution in [0.4, 0.5) is 5.95 Å². The van der Waals surface area contributed by atoms with E-state index in [-0.39, 0.29) is 24.5 Å². The van der Waals surface area contributed by atoms with E-state index in [9.17, 15) is 4.79 Å². The van der Waals surface area contributed by atoms with Crippen LogP contribution >= 0.6 is 0 Å². The number of anilines is 1. The van der Waals surface area contributed by atoms with Gasteiger partial charge in [0, 0.05) is 57.3 Å². The Morgan fingerprint density at radius 1 is 1.24 bits per heavy atom. The Hall–Kier alpha value is -3.42. The van der Waals surface area contributed by atoms with Gasteiger partial charge in [-0.05, 0) is 50.5 Å². The maximum atomic E-state index is 12.9. The van der Waals surface area contributed by atoms with E-state index in [0.717, 1.165) is 42.0 Å². The molecule has 4 rings (SSSR count). The molecule has 8 nitrogen and oxygen atoms in total. The standard InChI is InChI=1S/C25H32N6O2/c1-18(2)33-21-10-8-19(9-11-21)22-15-26-25(29(3)4)28-24(22)20-7-5-13-30(16-20)23(32)17-31-14-6-12-27-31/h6,8-12,14-15,18,20H,5,7,13,16-17H2,1-4H3/t20-/m0/s1. The number of aromatic nitrogens is 4. The van der Waals surface area contributed by atoms with E-state index in [1.165, 1.54) is 0 Å². The summed E-state index contributed by atoms with van der Waals surface area (Å²) >= 11 is 0. The second-order valence-corrected chi connectivity index (χ2v) is 8.94. The van der Waals surface area contributed by atoms with Crippen LogP contribution in [0.2, 0.25) is 0 Å². The Kier molecular flexibility index (Phi) is 6.91. The average molecular weight is 449 g/mol. The molecule has 0 radical (unpaired) electrons. The number of rotatable bonds is 7. The molecule has 174 valence electrons. The highest BCUT2D eigenvalue weighted by Gasteiger charge is 2.28. The summed E-state index contributed by atoms with van der Waals surface area (Å²) in [5, 5.41) is 4.17. The van der Waals surface area contributed by atoms with E-state index in [2.05, 4.69) is 22.2 Å². The van der Waals surface area contributed by atoms with Gasteiger partial charge in [0.15, 0.2) is 0 Å². The number of nitrogens with zero attached hydrogens (tertiary/aromatic N) is 6. The molecule has 0 aliphatic carbocycles. The first-order valence-corrected chi connectivity index (χ1v) is 11.5. The molecule has 0 saturated carbocycles. The van der Waals surface area contributed by atoms with E-state index in [4.69, 9.17) is 9.72 Å². The van der Waals surface area contributed by atoms with Gasteiger partial charge >= 0.3 is 0 Å². The third-order valence-corrected chi connectivity index (χ3v) is 5.76. The maximum Gasteiger partial charge on any atom is 0.244 e. The lowest BCUT2D eigenvalue weighted by molar-refractivity contribution is -0.133. The van der Waals surface area contributed by atoms with Gasteiger partial charge in [0.05, 0.1) is 11.8 Å². The Balaban J connectivity index is 1.61. The van der Waals surface area contributed by atoms with Crippen molar-refractivity contribution in [1.82, 2.24) is 24.6 Å². The van der Waals surface area contributed by atoms with E-state index in [1.807, 2.05) is 68.3 Å². The van der Waals surface area contributed by atoms with E-state index < -0.39 is 0 Å². The van der Waals surface area contributed by atoms with Gasteiger partial charge in [-0.3, -0.25) is 9.48 Å². The number of benzene rings is 1.